The number of halogens is 1. The third-order valence-corrected chi connectivity index (χ3v) is 6.38. The van der Waals surface area contributed by atoms with E-state index in [-0.39, 0.29) is 12.0 Å². The van der Waals surface area contributed by atoms with Gasteiger partial charge in [-0.25, -0.2) is 0 Å². The molecule has 1 aromatic carbocycles. The molecule has 0 radical (unpaired) electrons. The Morgan fingerprint density at radius 2 is 2.24 bits per heavy atom. The summed E-state index contributed by atoms with van der Waals surface area (Å²) < 4.78 is 11.3. The predicted octanol–water partition coefficient (Wildman–Crippen LogP) is 3.77. The number of amides is 1. The highest BCUT2D eigenvalue weighted by atomic mass is 35.5. The predicted molar refractivity (Wildman–Crippen MR) is 133 cm³/mol. The highest BCUT2D eigenvalue weighted by Gasteiger charge is 2.25. The molecule has 0 bridgehead atoms. The zero-order chi connectivity index (χ0) is 23.2. The SMILES string of the molecule is CCc1c(Cl)cccc1NC(=S)C1=C(NCc2ccncc2OCC2CCO2)CCNC1=O. The Bertz CT molecular complexity index is 1070. The summed E-state index contributed by atoms with van der Waals surface area (Å²) in [6.45, 7) is 4.35. The molecule has 174 valence electrons. The summed E-state index contributed by atoms with van der Waals surface area (Å²) in [7, 11) is 0. The van der Waals surface area contributed by atoms with Gasteiger partial charge in [0.25, 0.3) is 5.91 Å². The van der Waals surface area contributed by atoms with Gasteiger partial charge in [0.1, 0.15) is 17.3 Å². The number of nitrogens with zero attached hydrogens (tertiary/aromatic N) is 1. The van der Waals surface area contributed by atoms with Gasteiger partial charge in [0.2, 0.25) is 0 Å². The van der Waals surface area contributed by atoms with Crippen molar-refractivity contribution in [2.45, 2.75) is 38.8 Å². The van der Waals surface area contributed by atoms with Crippen molar-refractivity contribution < 1.29 is 14.3 Å². The quantitative estimate of drug-likeness (QED) is 0.465. The first kappa shape index (κ1) is 23.5. The summed E-state index contributed by atoms with van der Waals surface area (Å²) in [5.74, 6) is 0.504. The maximum absolute atomic E-state index is 12.7. The van der Waals surface area contributed by atoms with Crippen molar-refractivity contribution in [3.05, 3.63) is 64.1 Å². The molecule has 2 aromatic rings. The van der Waals surface area contributed by atoms with Crippen LogP contribution in [-0.4, -0.2) is 41.7 Å². The van der Waals surface area contributed by atoms with E-state index in [2.05, 4.69) is 20.9 Å². The summed E-state index contributed by atoms with van der Waals surface area (Å²) in [6, 6.07) is 7.53. The Kier molecular flexibility index (Phi) is 7.80. The average Bonchev–Trinajstić information content (AvgIpc) is 2.77. The molecular weight excluding hydrogens is 460 g/mol. The van der Waals surface area contributed by atoms with Crippen LogP contribution in [0.25, 0.3) is 0 Å². The normalized spacial score (nSPS) is 17.8. The standard InChI is InChI=1S/C24H27ClN4O3S/c1-2-17-18(25)4-3-5-19(17)29-24(33)22-20(7-10-27-23(22)30)28-12-15-6-9-26-13-21(15)32-14-16-8-11-31-16/h3-6,9,13,16,28H,2,7-8,10-12,14H2,1H3,(H,27,30)(H,29,33). The molecule has 1 atom stereocenters. The van der Waals surface area contributed by atoms with Crippen molar-refractivity contribution in [1.29, 1.82) is 0 Å². The van der Waals surface area contributed by atoms with E-state index >= 15 is 0 Å². The van der Waals surface area contributed by atoms with Crippen LogP contribution in [0, 0.1) is 0 Å². The van der Waals surface area contributed by atoms with Crippen LogP contribution in [-0.2, 0) is 22.5 Å². The maximum atomic E-state index is 12.7. The zero-order valence-corrected chi connectivity index (χ0v) is 20.0. The van der Waals surface area contributed by atoms with Crippen LogP contribution < -0.4 is 20.7 Å². The first-order chi connectivity index (χ1) is 16.1. The minimum Gasteiger partial charge on any atom is -0.489 e. The van der Waals surface area contributed by atoms with Gasteiger partial charge in [-0.15, -0.1) is 0 Å². The smallest absolute Gasteiger partial charge is 0.256 e. The van der Waals surface area contributed by atoms with Gasteiger partial charge in [0, 0.05) is 60.7 Å². The lowest BCUT2D eigenvalue weighted by Gasteiger charge is -2.27. The van der Waals surface area contributed by atoms with Crippen LogP contribution in [0.4, 0.5) is 5.69 Å². The average molecular weight is 487 g/mol. The second-order valence-electron chi connectivity index (χ2n) is 7.86. The van der Waals surface area contributed by atoms with Crippen molar-refractivity contribution in [2.75, 3.05) is 25.1 Å². The molecule has 3 heterocycles. The number of thiocarbonyl (C=S) groups is 1. The van der Waals surface area contributed by atoms with Crippen molar-refractivity contribution in [3.8, 4) is 5.75 Å². The first-order valence-electron chi connectivity index (χ1n) is 11.1. The number of hydrogen-bond donors (Lipinski definition) is 3. The number of carbonyl (C=O) groups excluding carboxylic acids is 1. The molecule has 3 N–H and O–H groups in total. The van der Waals surface area contributed by atoms with Gasteiger partial charge in [-0.2, -0.15) is 0 Å². The van der Waals surface area contributed by atoms with E-state index in [4.69, 9.17) is 33.3 Å². The molecule has 0 aliphatic carbocycles. The van der Waals surface area contributed by atoms with E-state index in [1.54, 1.807) is 12.4 Å². The first-order valence-corrected chi connectivity index (χ1v) is 11.9. The fourth-order valence-corrected chi connectivity index (χ4v) is 4.41. The van der Waals surface area contributed by atoms with E-state index in [0.717, 1.165) is 42.0 Å². The van der Waals surface area contributed by atoms with Gasteiger partial charge in [0.05, 0.1) is 17.9 Å². The third kappa shape index (κ3) is 5.63. The summed E-state index contributed by atoms with van der Waals surface area (Å²) >= 11 is 12.0. The molecule has 1 saturated heterocycles. The van der Waals surface area contributed by atoms with Crippen LogP contribution in [0.15, 0.2) is 47.9 Å². The number of benzene rings is 1. The molecular formula is C24H27ClN4O3S. The van der Waals surface area contributed by atoms with Crippen LogP contribution in [0.3, 0.4) is 0 Å². The Balaban J connectivity index is 1.50. The Morgan fingerprint density at radius 3 is 3.00 bits per heavy atom. The molecule has 1 aromatic heterocycles. The van der Waals surface area contributed by atoms with Crippen LogP contribution in [0.5, 0.6) is 5.75 Å². The number of hydrogen-bond acceptors (Lipinski definition) is 6. The van der Waals surface area contributed by atoms with E-state index < -0.39 is 0 Å². The molecule has 2 aliphatic rings. The Hall–Kier alpha value is -2.68. The van der Waals surface area contributed by atoms with Gasteiger partial charge in [-0.05, 0) is 30.2 Å². The fourth-order valence-electron chi connectivity index (χ4n) is 3.77. The number of pyridine rings is 1. The molecule has 1 fully saturated rings. The van der Waals surface area contributed by atoms with Crippen LogP contribution in [0.1, 0.15) is 30.9 Å². The minimum absolute atomic E-state index is 0.144. The molecule has 7 nitrogen and oxygen atoms in total. The summed E-state index contributed by atoms with van der Waals surface area (Å²) in [5, 5.41) is 10.2. The summed E-state index contributed by atoms with van der Waals surface area (Å²) in [4.78, 5) is 17.3. The molecule has 4 rings (SSSR count). The highest BCUT2D eigenvalue weighted by Crippen LogP contribution is 2.26. The summed E-state index contributed by atoms with van der Waals surface area (Å²) in [5.41, 5.74) is 3.95. The van der Waals surface area contributed by atoms with E-state index in [9.17, 15) is 4.79 Å². The second kappa shape index (κ2) is 11.0. The van der Waals surface area contributed by atoms with E-state index in [1.807, 2.05) is 31.2 Å². The van der Waals surface area contributed by atoms with Crippen LogP contribution >= 0.6 is 23.8 Å². The molecule has 0 saturated carbocycles. The number of rotatable bonds is 9. The monoisotopic (exact) mass is 486 g/mol. The molecule has 1 amide bonds. The van der Waals surface area contributed by atoms with Gasteiger partial charge < -0.3 is 25.4 Å². The molecule has 2 aliphatic heterocycles. The number of anilines is 1. The number of aromatic nitrogens is 1. The molecule has 0 spiro atoms. The second-order valence-corrected chi connectivity index (χ2v) is 8.68. The lowest BCUT2D eigenvalue weighted by atomic mass is 10.0. The number of carbonyl (C=O) groups is 1. The van der Waals surface area contributed by atoms with Crippen molar-refractivity contribution in [2.24, 2.45) is 0 Å². The van der Waals surface area contributed by atoms with Crippen molar-refractivity contribution >= 4 is 40.4 Å². The topological polar surface area (TPSA) is 84.5 Å². The maximum Gasteiger partial charge on any atom is 0.256 e. The Labute approximate surface area is 203 Å². The molecule has 1 unspecified atom stereocenters. The zero-order valence-electron chi connectivity index (χ0n) is 18.4. The Morgan fingerprint density at radius 1 is 1.39 bits per heavy atom. The largest absolute Gasteiger partial charge is 0.489 e. The number of ether oxygens (including phenoxy) is 2. The molecule has 33 heavy (non-hydrogen) atoms. The number of nitrogens with one attached hydrogen (secondary N) is 3. The highest BCUT2D eigenvalue weighted by molar-refractivity contribution is 7.81. The van der Waals surface area contributed by atoms with Gasteiger partial charge in [0.15, 0.2) is 0 Å². The fraction of sp³-hybridized carbons (Fsp3) is 0.375. The van der Waals surface area contributed by atoms with Crippen molar-refractivity contribution in [1.82, 2.24) is 15.6 Å². The van der Waals surface area contributed by atoms with Gasteiger partial charge >= 0.3 is 0 Å². The van der Waals surface area contributed by atoms with Crippen molar-refractivity contribution in [3.63, 3.8) is 0 Å². The summed E-state index contributed by atoms with van der Waals surface area (Å²) in [6.07, 6.45) is 5.98. The van der Waals surface area contributed by atoms with Crippen LogP contribution in [0.2, 0.25) is 5.02 Å². The third-order valence-electron chi connectivity index (χ3n) is 5.72. The minimum atomic E-state index is -0.199. The van der Waals surface area contributed by atoms with E-state index in [0.29, 0.717) is 47.5 Å². The molecule has 9 heteroatoms. The van der Waals surface area contributed by atoms with E-state index in [1.165, 1.54) is 0 Å². The van der Waals surface area contributed by atoms with Gasteiger partial charge in [-0.3, -0.25) is 9.78 Å². The lowest BCUT2D eigenvalue weighted by Crippen LogP contribution is -2.39. The lowest BCUT2D eigenvalue weighted by molar-refractivity contribution is -0.117. The van der Waals surface area contributed by atoms with Gasteiger partial charge in [-0.1, -0.05) is 36.8 Å².